The summed E-state index contributed by atoms with van der Waals surface area (Å²) in [5.74, 6) is -0.349. The molecule has 0 aliphatic heterocycles. The number of allylic oxidation sites excluding steroid dienone is 10. The Morgan fingerprint density at radius 1 is 0.615 bits per heavy atom. The van der Waals surface area contributed by atoms with Gasteiger partial charge in [-0.2, -0.15) is 0 Å². The first-order valence-electron chi connectivity index (χ1n) is 20.5. The van der Waals surface area contributed by atoms with Gasteiger partial charge in [-0.25, -0.2) is 0 Å². The van der Waals surface area contributed by atoms with Gasteiger partial charge >= 0.3 is 5.97 Å². The fourth-order valence-corrected chi connectivity index (χ4v) is 5.89. The summed E-state index contributed by atoms with van der Waals surface area (Å²) in [6.07, 6.45) is 43.8. The summed E-state index contributed by atoms with van der Waals surface area (Å²) in [5, 5.41) is 0. The quantitative estimate of drug-likeness (QED) is 0.0205. The van der Waals surface area contributed by atoms with E-state index in [1.54, 1.807) is 0 Å². The van der Waals surface area contributed by atoms with Crippen LogP contribution in [0.1, 0.15) is 149 Å². The number of unbranched alkanes of at least 4 members (excludes halogenated alkanes) is 13. The summed E-state index contributed by atoms with van der Waals surface area (Å²) < 4.78 is 34.4. The standard InChI is InChI=1S/C43H78NO7P/c1-6-8-10-12-14-16-18-19-20-21-22-23-24-25-26-27-29-31-33-35-38-48-40-42(41-50-52(46,47)49-39-37-44(3,4)5)51-43(45)36-34-32-30-28-17-15-13-11-9-7-2/h8,10,14,16,19-20,22-23,25-26,42H,6-7,9,11-13,15,17-18,21,24,27-41H2,1-5H3/b10-8-,16-14-,20-19-,23-22-,26-25-. The topological polar surface area (TPSA) is 94.1 Å². The molecule has 0 saturated heterocycles. The summed E-state index contributed by atoms with van der Waals surface area (Å²) >= 11 is 0. The van der Waals surface area contributed by atoms with E-state index in [0.29, 0.717) is 24.1 Å². The third kappa shape index (κ3) is 39.4. The predicted octanol–water partition coefficient (Wildman–Crippen LogP) is 11.1. The lowest BCUT2D eigenvalue weighted by molar-refractivity contribution is -0.870. The second-order valence-electron chi connectivity index (χ2n) is 14.6. The van der Waals surface area contributed by atoms with Gasteiger partial charge in [0.2, 0.25) is 0 Å². The molecule has 0 heterocycles. The van der Waals surface area contributed by atoms with Crippen LogP contribution in [0.4, 0.5) is 0 Å². The molecule has 0 bridgehead atoms. The van der Waals surface area contributed by atoms with E-state index in [2.05, 4.69) is 74.6 Å². The molecule has 0 rings (SSSR count). The van der Waals surface area contributed by atoms with E-state index in [9.17, 15) is 14.3 Å². The number of phosphoric acid groups is 1. The predicted molar refractivity (Wildman–Crippen MR) is 217 cm³/mol. The van der Waals surface area contributed by atoms with Gasteiger partial charge in [-0.3, -0.25) is 9.36 Å². The molecule has 0 radical (unpaired) electrons. The van der Waals surface area contributed by atoms with Crippen LogP contribution in [0.25, 0.3) is 0 Å². The number of phosphoric ester groups is 1. The zero-order chi connectivity index (χ0) is 38.4. The molecule has 2 atom stereocenters. The molecule has 0 aromatic carbocycles. The number of quaternary nitrogens is 1. The van der Waals surface area contributed by atoms with Crippen LogP contribution in [0, 0.1) is 0 Å². The lowest BCUT2D eigenvalue weighted by Gasteiger charge is -2.28. The van der Waals surface area contributed by atoms with Crippen LogP contribution in [-0.4, -0.2) is 70.7 Å². The van der Waals surface area contributed by atoms with Gasteiger partial charge in [0.25, 0.3) is 7.82 Å². The number of ether oxygens (including phenoxy) is 2. The highest BCUT2D eigenvalue weighted by atomic mass is 31.2. The first-order chi connectivity index (χ1) is 25.1. The van der Waals surface area contributed by atoms with E-state index in [-0.39, 0.29) is 25.8 Å². The maximum absolute atomic E-state index is 12.6. The molecule has 0 N–H and O–H groups in total. The van der Waals surface area contributed by atoms with Crippen molar-refractivity contribution < 1.29 is 37.3 Å². The molecule has 0 aliphatic rings. The lowest BCUT2D eigenvalue weighted by Crippen LogP contribution is -2.37. The van der Waals surface area contributed by atoms with E-state index < -0.39 is 13.9 Å². The number of carbonyl (C=O) groups excluding carboxylic acids is 1. The summed E-state index contributed by atoms with van der Waals surface area (Å²) in [6.45, 7) is 5.20. The molecular formula is C43H78NO7P. The van der Waals surface area contributed by atoms with E-state index >= 15 is 0 Å². The number of esters is 1. The highest BCUT2D eigenvalue weighted by Gasteiger charge is 2.20. The van der Waals surface area contributed by atoms with Crippen molar-refractivity contribution in [2.75, 3.05) is 54.1 Å². The third-order valence-electron chi connectivity index (χ3n) is 8.33. The van der Waals surface area contributed by atoms with Crippen molar-refractivity contribution in [1.29, 1.82) is 0 Å². The van der Waals surface area contributed by atoms with Gasteiger partial charge in [-0.15, -0.1) is 0 Å². The first-order valence-corrected chi connectivity index (χ1v) is 22.0. The second kappa shape index (κ2) is 36.2. The van der Waals surface area contributed by atoms with Gasteiger partial charge in [0.15, 0.2) is 0 Å². The molecule has 0 spiro atoms. The van der Waals surface area contributed by atoms with E-state index in [0.717, 1.165) is 83.5 Å². The molecule has 0 fully saturated rings. The van der Waals surface area contributed by atoms with Gasteiger partial charge < -0.3 is 27.9 Å². The molecular weight excluding hydrogens is 673 g/mol. The summed E-state index contributed by atoms with van der Waals surface area (Å²) in [6, 6.07) is 0. The Hall–Kier alpha value is -1.80. The number of nitrogens with zero attached hydrogens (tertiary/aromatic N) is 1. The molecule has 8 nitrogen and oxygen atoms in total. The van der Waals surface area contributed by atoms with Crippen LogP contribution in [0.2, 0.25) is 0 Å². The van der Waals surface area contributed by atoms with Gasteiger partial charge in [0.05, 0.1) is 34.4 Å². The minimum absolute atomic E-state index is 0.0189. The van der Waals surface area contributed by atoms with E-state index in [1.807, 2.05) is 21.1 Å². The molecule has 0 amide bonds. The highest BCUT2D eigenvalue weighted by molar-refractivity contribution is 7.45. The average molecular weight is 752 g/mol. The number of likely N-dealkylation sites (N-methyl/N-ethyl adjacent to an activating group) is 1. The zero-order valence-electron chi connectivity index (χ0n) is 34.0. The first kappa shape index (κ1) is 50.2. The lowest BCUT2D eigenvalue weighted by atomic mass is 10.1. The normalized spacial score (nSPS) is 14.5. The van der Waals surface area contributed by atoms with Crippen LogP contribution < -0.4 is 4.89 Å². The van der Waals surface area contributed by atoms with Crippen molar-refractivity contribution >= 4 is 13.8 Å². The largest absolute Gasteiger partial charge is 0.756 e. The maximum atomic E-state index is 12.6. The third-order valence-corrected chi connectivity index (χ3v) is 9.30. The van der Waals surface area contributed by atoms with Crippen molar-refractivity contribution in [3.63, 3.8) is 0 Å². The summed E-state index contributed by atoms with van der Waals surface area (Å²) in [7, 11) is 1.33. The van der Waals surface area contributed by atoms with Crippen LogP contribution in [0.15, 0.2) is 60.8 Å². The minimum atomic E-state index is -4.53. The molecule has 0 saturated carbocycles. The Bertz CT molecular complexity index is 1020. The Balaban J connectivity index is 4.28. The van der Waals surface area contributed by atoms with E-state index in [4.69, 9.17) is 18.5 Å². The van der Waals surface area contributed by atoms with Crippen LogP contribution >= 0.6 is 7.82 Å². The SMILES string of the molecule is CC/C=C\C/C=C\C/C=C\C/C=C\C/C=C\CCCCCCOCC(COP(=O)([O-])OCC[N+](C)(C)C)OC(=O)CCCCCCCCCCCC. The molecule has 0 aromatic rings. The van der Waals surface area contributed by atoms with Crippen LogP contribution in [0.3, 0.4) is 0 Å². The number of carbonyl (C=O) groups is 1. The Labute approximate surface area is 320 Å². The van der Waals surface area contributed by atoms with Crippen molar-refractivity contribution in [1.82, 2.24) is 0 Å². The number of hydrogen-bond donors (Lipinski definition) is 0. The minimum Gasteiger partial charge on any atom is -0.756 e. The van der Waals surface area contributed by atoms with Crippen molar-refractivity contribution in [2.45, 2.75) is 155 Å². The molecule has 52 heavy (non-hydrogen) atoms. The Kier molecular flexibility index (Phi) is 34.9. The van der Waals surface area contributed by atoms with Gasteiger partial charge in [0, 0.05) is 13.0 Å². The Morgan fingerprint density at radius 3 is 1.67 bits per heavy atom. The van der Waals surface area contributed by atoms with Crippen molar-refractivity contribution in [3.05, 3.63) is 60.8 Å². The highest BCUT2D eigenvalue weighted by Crippen LogP contribution is 2.38. The van der Waals surface area contributed by atoms with E-state index in [1.165, 1.54) is 44.9 Å². The van der Waals surface area contributed by atoms with Gasteiger partial charge in [-0.1, -0.05) is 145 Å². The van der Waals surface area contributed by atoms with Crippen LogP contribution in [0.5, 0.6) is 0 Å². The summed E-state index contributed by atoms with van der Waals surface area (Å²) in [5.41, 5.74) is 0. The van der Waals surface area contributed by atoms with Crippen molar-refractivity contribution in [3.8, 4) is 0 Å². The second-order valence-corrected chi connectivity index (χ2v) is 16.0. The van der Waals surface area contributed by atoms with Gasteiger partial charge in [-0.05, 0) is 57.8 Å². The molecule has 302 valence electrons. The summed E-state index contributed by atoms with van der Waals surface area (Å²) in [4.78, 5) is 24.9. The fraction of sp³-hybridized carbons (Fsp3) is 0.744. The van der Waals surface area contributed by atoms with Crippen LogP contribution in [-0.2, 0) is 27.9 Å². The van der Waals surface area contributed by atoms with Gasteiger partial charge in [0.1, 0.15) is 19.3 Å². The zero-order valence-corrected chi connectivity index (χ0v) is 34.9. The number of hydrogen-bond acceptors (Lipinski definition) is 7. The molecule has 0 aromatic heterocycles. The smallest absolute Gasteiger partial charge is 0.306 e. The van der Waals surface area contributed by atoms with Crippen molar-refractivity contribution in [2.24, 2.45) is 0 Å². The fourth-order valence-electron chi connectivity index (χ4n) is 5.16. The number of rotatable bonds is 37. The maximum Gasteiger partial charge on any atom is 0.306 e. The average Bonchev–Trinajstić information content (AvgIpc) is 3.09. The molecule has 0 aliphatic carbocycles. The monoisotopic (exact) mass is 752 g/mol. The molecule has 2 unspecified atom stereocenters. The molecule has 9 heteroatoms. The Morgan fingerprint density at radius 2 is 1.12 bits per heavy atom.